The average Bonchev–Trinajstić information content (AvgIpc) is 4.14. The number of benzene rings is 2. The number of amides is 1. The normalized spacial score (nSPS) is 20.3. The Kier molecular flexibility index (Phi) is 19.2. The van der Waals surface area contributed by atoms with Gasteiger partial charge in [0.25, 0.3) is 0 Å². The van der Waals surface area contributed by atoms with E-state index in [1.165, 1.54) is 24.2 Å². The molecule has 3 saturated heterocycles. The Hall–Kier alpha value is -3.75. The summed E-state index contributed by atoms with van der Waals surface area (Å²) in [5, 5.41) is 6.46. The van der Waals surface area contributed by atoms with Crippen molar-refractivity contribution < 1.29 is 13.8 Å². The fraction of sp³-hybridized carbons (Fsp3) is 0.647. The summed E-state index contributed by atoms with van der Waals surface area (Å²) in [5.74, 6) is 0.716. The highest BCUT2D eigenvalue weighted by Gasteiger charge is 2.53. The molecule has 4 aliphatic rings. The maximum absolute atomic E-state index is 13.9. The Bertz CT molecular complexity index is 1910. The number of carbonyl (C=O) groups excluding carboxylic acids is 2. The van der Waals surface area contributed by atoms with Gasteiger partial charge in [-0.2, -0.15) is 0 Å². The smallest absolute Gasteiger partial charge is 0.230 e. The van der Waals surface area contributed by atoms with E-state index in [1.807, 2.05) is 18.3 Å². The number of piperidine rings is 2. The second-order valence-corrected chi connectivity index (χ2v) is 20.4. The first-order chi connectivity index (χ1) is 31.1. The molecule has 2 aromatic carbocycles. The molecule has 1 aliphatic carbocycles. The number of allylic oxidation sites excluding steroid dienone is 1. The van der Waals surface area contributed by atoms with E-state index < -0.39 is 16.4 Å². The van der Waals surface area contributed by atoms with Crippen LogP contribution in [-0.4, -0.2) is 135 Å². The molecule has 4 fully saturated rings. The predicted molar refractivity (Wildman–Crippen MR) is 266 cm³/mol. The summed E-state index contributed by atoms with van der Waals surface area (Å²) < 4.78 is 16.0. The zero-order valence-corrected chi connectivity index (χ0v) is 40.7. The number of aldehydes is 1. The maximum atomic E-state index is 13.9. The van der Waals surface area contributed by atoms with Gasteiger partial charge in [-0.05, 0) is 126 Å². The van der Waals surface area contributed by atoms with Crippen LogP contribution < -0.4 is 20.4 Å². The van der Waals surface area contributed by atoms with Crippen LogP contribution in [0, 0.1) is 11.3 Å². The number of hydrogen-bond acceptors (Lipinski definition) is 10. The van der Waals surface area contributed by atoms with Gasteiger partial charge in [0.1, 0.15) is 17.3 Å². The van der Waals surface area contributed by atoms with Gasteiger partial charge in [-0.25, -0.2) is 8.51 Å². The minimum absolute atomic E-state index is 0.0375. The van der Waals surface area contributed by atoms with Gasteiger partial charge in [-0.3, -0.25) is 34.7 Å². The first-order valence-electron chi connectivity index (χ1n) is 24.6. The molecule has 64 heavy (non-hydrogen) atoms. The second kappa shape index (κ2) is 24.7. The number of aliphatic imine (C=N–C) groups is 2. The van der Waals surface area contributed by atoms with Crippen LogP contribution in [-0.2, 0) is 22.3 Å². The Morgan fingerprint density at radius 1 is 0.938 bits per heavy atom. The standard InChI is InChI=1S/C51H79N9O3S/c1-7-9-10-11-16-49(52-4)48(51(23-24-51)50(62)53-5)35-54-39-55-44-21-27-60(28-22-44)64(63)47-15-12-14-45(34-47)58-25-19-41(20-26-58)36-57-29-31-59(32-30-57)46-18-17-42(38-61)43(33-46)37-56(6)40(3)13-8-2/h12,14-15,17-18,33-35,38,40-41,44,55H,4,7-11,13,16,19-32,36-37,39H2,1-3,5-6H3,(H,53,62)/b49-48+,54-35-. The van der Waals surface area contributed by atoms with Crippen molar-refractivity contribution >= 4 is 47.5 Å². The lowest BCUT2D eigenvalue weighted by molar-refractivity contribution is -0.124. The molecule has 2 unspecified atom stereocenters. The average molecular weight is 898 g/mol. The van der Waals surface area contributed by atoms with E-state index >= 15 is 0 Å². The minimum atomic E-state index is -1.21. The predicted octanol–water partition coefficient (Wildman–Crippen LogP) is 7.71. The Morgan fingerprint density at radius 3 is 2.31 bits per heavy atom. The number of anilines is 2. The van der Waals surface area contributed by atoms with Crippen molar-refractivity contribution in [1.29, 1.82) is 0 Å². The number of piperazine rings is 1. The summed E-state index contributed by atoms with van der Waals surface area (Å²) in [7, 11) is 2.66. The third-order valence-electron chi connectivity index (χ3n) is 14.5. The topological polar surface area (TPSA) is 116 Å². The Balaban J connectivity index is 0.925. The Morgan fingerprint density at radius 2 is 1.66 bits per heavy atom. The van der Waals surface area contributed by atoms with Crippen LogP contribution in [0.25, 0.3) is 0 Å². The number of nitrogens with zero attached hydrogens (tertiary/aromatic N) is 7. The van der Waals surface area contributed by atoms with Crippen molar-refractivity contribution in [3.63, 3.8) is 0 Å². The van der Waals surface area contributed by atoms with Crippen LogP contribution in [0.1, 0.15) is 120 Å². The molecule has 0 spiro atoms. The lowest BCUT2D eigenvalue weighted by Crippen LogP contribution is -2.49. The number of unbranched alkanes of at least 4 members (excludes halogenated alkanes) is 3. The van der Waals surface area contributed by atoms with Gasteiger partial charge in [-0.15, -0.1) is 0 Å². The molecule has 352 valence electrons. The zero-order chi connectivity index (χ0) is 45.5. The number of nitrogens with one attached hydrogen (secondary N) is 2. The fourth-order valence-corrected chi connectivity index (χ4v) is 11.2. The quantitative estimate of drug-likeness (QED) is 0.0626. The molecule has 3 aliphatic heterocycles. The van der Waals surface area contributed by atoms with Crippen molar-refractivity contribution in [2.75, 3.05) is 89.5 Å². The van der Waals surface area contributed by atoms with Gasteiger partial charge in [0, 0.05) is 119 Å². The van der Waals surface area contributed by atoms with E-state index in [0.717, 1.165) is 170 Å². The van der Waals surface area contributed by atoms with E-state index in [9.17, 15) is 13.8 Å². The summed E-state index contributed by atoms with van der Waals surface area (Å²) in [6.07, 6.45) is 16.3. The molecule has 1 amide bonds. The lowest BCUT2D eigenvalue weighted by atomic mass is 9.91. The van der Waals surface area contributed by atoms with Crippen molar-refractivity contribution in [3.8, 4) is 0 Å². The molecule has 2 N–H and O–H groups in total. The summed E-state index contributed by atoms with van der Waals surface area (Å²) in [5.41, 5.74) is 5.61. The summed E-state index contributed by atoms with van der Waals surface area (Å²) >= 11 is 0. The highest BCUT2D eigenvalue weighted by molar-refractivity contribution is 7.82. The SMILES string of the molecule is C=N/C(CCCCCC)=C(\C=N/CNC1CCN(S(=O)c2cccc(N3CCC(CN4CCN(c5ccc(C=O)c(CN(C)C(C)CCC)c5)CC4)CC3)c2)CC1)C1(C(=O)NC)CC1. The monoisotopic (exact) mass is 898 g/mol. The van der Waals surface area contributed by atoms with E-state index in [0.29, 0.717) is 24.7 Å². The van der Waals surface area contributed by atoms with E-state index in [2.05, 4.69) is 104 Å². The first kappa shape index (κ1) is 49.7. The highest BCUT2D eigenvalue weighted by Crippen LogP contribution is 2.53. The molecule has 0 radical (unpaired) electrons. The first-order valence-corrected chi connectivity index (χ1v) is 25.7. The molecule has 12 nitrogen and oxygen atoms in total. The van der Waals surface area contributed by atoms with Crippen molar-refractivity contribution in [3.05, 3.63) is 64.9 Å². The van der Waals surface area contributed by atoms with Gasteiger partial charge in [-0.1, -0.05) is 45.6 Å². The third-order valence-corrected chi connectivity index (χ3v) is 16.0. The van der Waals surface area contributed by atoms with Crippen LogP contribution >= 0.6 is 0 Å². The van der Waals surface area contributed by atoms with Gasteiger partial charge in [0.05, 0.1) is 17.0 Å². The molecule has 1 saturated carbocycles. The maximum Gasteiger partial charge on any atom is 0.230 e. The molecule has 0 bridgehead atoms. The minimum Gasteiger partial charge on any atom is -0.371 e. The molecule has 13 heteroatoms. The summed E-state index contributed by atoms with van der Waals surface area (Å²) in [6.45, 7) is 20.6. The van der Waals surface area contributed by atoms with Crippen LogP contribution in [0.3, 0.4) is 0 Å². The second-order valence-electron chi connectivity index (χ2n) is 18.9. The summed E-state index contributed by atoms with van der Waals surface area (Å²) in [6, 6.07) is 15.6. The molecule has 2 aromatic rings. The van der Waals surface area contributed by atoms with E-state index in [4.69, 9.17) is 4.99 Å². The van der Waals surface area contributed by atoms with Gasteiger partial charge < -0.3 is 15.1 Å². The molecule has 3 heterocycles. The van der Waals surface area contributed by atoms with Crippen LogP contribution in [0.15, 0.2) is 68.6 Å². The van der Waals surface area contributed by atoms with Crippen LogP contribution in [0.5, 0.6) is 0 Å². The molecule has 2 atom stereocenters. The van der Waals surface area contributed by atoms with Crippen molar-refractivity contribution in [2.45, 2.75) is 128 Å². The molecular weight excluding hydrogens is 819 g/mol. The number of rotatable bonds is 24. The lowest BCUT2D eigenvalue weighted by Gasteiger charge is -2.40. The van der Waals surface area contributed by atoms with Crippen LogP contribution in [0.4, 0.5) is 11.4 Å². The zero-order valence-electron chi connectivity index (χ0n) is 39.9. The Labute approximate surface area is 388 Å². The highest BCUT2D eigenvalue weighted by atomic mass is 32.2. The largest absolute Gasteiger partial charge is 0.371 e. The van der Waals surface area contributed by atoms with E-state index in [1.54, 1.807) is 7.05 Å². The van der Waals surface area contributed by atoms with Crippen molar-refractivity contribution in [1.82, 2.24) is 24.7 Å². The number of carbonyl (C=O) groups is 2. The fourth-order valence-electron chi connectivity index (χ4n) is 9.99. The molecule has 0 aromatic heterocycles. The van der Waals surface area contributed by atoms with Gasteiger partial charge in [0.2, 0.25) is 5.91 Å². The number of hydrogen-bond donors (Lipinski definition) is 2. The van der Waals surface area contributed by atoms with E-state index in [-0.39, 0.29) is 5.91 Å². The van der Waals surface area contributed by atoms with Gasteiger partial charge >= 0.3 is 0 Å². The molecular formula is C51H79N9O3S. The summed E-state index contributed by atoms with van der Waals surface area (Å²) in [4.78, 5) is 44.9. The third kappa shape index (κ3) is 13.2. The van der Waals surface area contributed by atoms with Gasteiger partial charge in [0.15, 0.2) is 0 Å². The molecule has 6 rings (SSSR count). The van der Waals surface area contributed by atoms with Crippen LogP contribution in [0.2, 0.25) is 0 Å². The van der Waals surface area contributed by atoms with Crippen molar-refractivity contribution in [2.24, 2.45) is 21.3 Å².